The molecule has 0 unspecified atom stereocenters. The fourth-order valence-electron chi connectivity index (χ4n) is 5.13. The van der Waals surface area contributed by atoms with Crippen LogP contribution < -0.4 is 0 Å². The SMILES string of the molecule is CSc1ccccc1-c1ccc2c3ccccc3n(-c3nc(-c4ccccc4)nc(-c4ccccc4)n3)c2c1. The van der Waals surface area contributed by atoms with E-state index in [0.717, 1.165) is 27.7 Å². The topological polar surface area (TPSA) is 43.6 Å². The first-order valence-electron chi connectivity index (χ1n) is 12.8. The van der Waals surface area contributed by atoms with Gasteiger partial charge in [0.15, 0.2) is 11.6 Å². The monoisotopic (exact) mass is 520 g/mol. The van der Waals surface area contributed by atoms with Crippen LogP contribution in [0.4, 0.5) is 0 Å². The lowest BCUT2D eigenvalue weighted by Gasteiger charge is -2.12. The predicted molar refractivity (Wildman–Crippen MR) is 162 cm³/mol. The zero-order valence-electron chi connectivity index (χ0n) is 21.3. The Kier molecular flexibility index (Phi) is 5.91. The van der Waals surface area contributed by atoms with Gasteiger partial charge in [0, 0.05) is 26.8 Å². The first kappa shape index (κ1) is 23.4. The van der Waals surface area contributed by atoms with Crippen LogP contribution in [0.3, 0.4) is 0 Å². The van der Waals surface area contributed by atoms with Crippen LogP contribution in [0, 0.1) is 0 Å². The van der Waals surface area contributed by atoms with Gasteiger partial charge < -0.3 is 0 Å². The molecule has 0 spiro atoms. The van der Waals surface area contributed by atoms with Crippen LogP contribution in [0.25, 0.3) is 61.7 Å². The van der Waals surface area contributed by atoms with Crippen molar-refractivity contribution < 1.29 is 0 Å². The molecule has 5 aromatic carbocycles. The average molecular weight is 521 g/mol. The zero-order chi connectivity index (χ0) is 26.2. The van der Waals surface area contributed by atoms with Gasteiger partial charge in [0.05, 0.1) is 11.0 Å². The van der Waals surface area contributed by atoms with Crippen molar-refractivity contribution in [3.63, 3.8) is 0 Å². The van der Waals surface area contributed by atoms with Crippen LogP contribution in [0.15, 0.2) is 132 Å². The molecule has 0 radical (unpaired) electrons. The third-order valence-corrected chi connectivity index (χ3v) is 7.78. The van der Waals surface area contributed by atoms with E-state index < -0.39 is 0 Å². The highest BCUT2D eigenvalue weighted by Crippen LogP contribution is 2.37. The van der Waals surface area contributed by atoms with E-state index in [-0.39, 0.29) is 0 Å². The summed E-state index contributed by atoms with van der Waals surface area (Å²) in [6, 6.07) is 43.9. The van der Waals surface area contributed by atoms with E-state index >= 15 is 0 Å². The summed E-state index contributed by atoms with van der Waals surface area (Å²) in [5.74, 6) is 1.90. The fourth-order valence-corrected chi connectivity index (χ4v) is 5.75. The van der Waals surface area contributed by atoms with Gasteiger partial charge in [-0.2, -0.15) is 9.97 Å². The van der Waals surface area contributed by atoms with Crippen molar-refractivity contribution >= 4 is 33.6 Å². The van der Waals surface area contributed by atoms with Gasteiger partial charge >= 0.3 is 0 Å². The quantitative estimate of drug-likeness (QED) is 0.213. The van der Waals surface area contributed by atoms with Crippen LogP contribution in [-0.4, -0.2) is 25.8 Å². The van der Waals surface area contributed by atoms with Gasteiger partial charge in [-0.25, -0.2) is 4.98 Å². The maximum absolute atomic E-state index is 5.04. The Balaban J connectivity index is 1.54. The molecular formula is C34H24N4S. The lowest BCUT2D eigenvalue weighted by Crippen LogP contribution is -2.06. The van der Waals surface area contributed by atoms with E-state index in [1.165, 1.54) is 21.2 Å². The van der Waals surface area contributed by atoms with Gasteiger partial charge in [0.1, 0.15) is 0 Å². The Bertz CT molecular complexity index is 1890. The first-order chi connectivity index (χ1) is 19.3. The summed E-state index contributed by atoms with van der Waals surface area (Å²) in [6.45, 7) is 0. The smallest absolute Gasteiger partial charge is 0.238 e. The number of para-hydroxylation sites is 1. The lowest BCUT2D eigenvalue weighted by molar-refractivity contribution is 0.953. The van der Waals surface area contributed by atoms with Gasteiger partial charge in [-0.05, 0) is 35.6 Å². The third kappa shape index (κ3) is 4.17. The molecular weight excluding hydrogens is 496 g/mol. The van der Waals surface area contributed by atoms with Gasteiger partial charge in [0.25, 0.3) is 0 Å². The summed E-state index contributed by atoms with van der Waals surface area (Å²) >= 11 is 1.76. The molecule has 2 aromatic heterocycles. The molecule has 2 heterocycles. The summed E-state index contributed by atoms with van der Waals surface area (Å²) in [5, 5.41) is 2.33. The van der Waals surface area contributed by atoms with E-state index in [4.69, 9.17) is 15.0 Å². The Labute approximate surface area is 231 Å². The molecule has 0 aliphatic heterocycles. The Morgan fingerprint density at radius 1 is 0.513 bits per heavy atom. The summed E-state index contributed by atoms with van der Waals surface area (Å²) in [5.41, 5.74) is 6.41. The standard InChI is InChI=1S/C34H24N4S/c1-39-31-19-11-9-16-26(31)25-20-21-28-27-17-8-10-18-29(27)38(30(28)22-25)34-36-32(23-12-4-2-5-13-23)35-33(37-34)24-14-6-3-7-15-24/h2-22H,1H3. The second kappa shape index (κ2) is 9.86. The number of hydrogen-bond acceptors (Lipinski definition) is 4. The molecule has 0 bridgehead atoms. The minimum absolute atomic E-state index is 0.601. The van der Waals surface area contributed by atoms with Crippen molar-refractivity contribution in [3.8, 4) is 39.9 Å². The Morgan fingerprint density at radius 3 is 1.79 bits per heavy atom. The maximum Gasteiger partial charge on any atom is 0.238 e. The molecule has 39 heavy (non-hydrogen) atoms. The highest BCUT2D eigenvalue weighted by Gasteiger charge is 2.18. The lowest BCUT2D eigenvalue weighted by atomic mass is 10.0. The van der Waals surface area contributed by atoms with E-state index in [1.54, 1.807) is 11.8 Å². The average Bonchev–Trinajstić information content (AvgIpc) is 3.35. The second-order valence-electron chi connectivity index (χ2n) is 9.30. The third-order valence-electron chi connectivity index (χ3n) is 6.98. The molecule has 4 nitrogen and oxygen atoms in total. The van der Waals surface area contributed by atoms with Crippen LogP contribution in [-0.2, 0) is 0 Å². The van der Waals surface area contributed by atoms with E-state index in [9.17, 15) is 0 Å². The van der Waals surface area contributed by atoms with Gasteiger partial charge in [0.2, 0.25) is 5.95 Å². The summed E-state index contributed by atoms with van der Waals surface area (Å²) in [6.07, 6.45) is 2.12. The van der Waals surface area contributed by atoms with E-state index in [1.807, 2.05) is 60.7 Å². The number of thioether (sulfide) groups is 1. The Morgan fingerprint density at radius 2 is 1.10 bits per heavy atom. The van der Waals surface area contributed by atoms with Gasteiger partial charge in [-0.3, -0.25) is 4.57 Å². The van der Waals surface area contributed by atoms with Crippen LogP contribution >= 0.6 is 11.8 Å². The second-order valence-corrected chi connectivity index (χ2v) is 10.1. The summed E-state index contributed by atoms with van der Waals surface area (Å²) in [4.78, 5) is 16.2. The Hall–Kier alpha value is -4.74. The molecule has 0 atom stereocenters. The van der Waals surface area contributed by atoms with Crippen molar-refractivity contribution in [1.82, 2.24) is 19.5 Å². The van der Waals surface area contributed by atoms with Crippen molar-refractivity contribution in [1.29, 1.82) is 0 Å². The van der Waals surface area contributed by atoms with Crippen molar-refractivity contribution in [3.05, 3.63) is 127 Å². The summed E-state index contributed by atoms with van der Waals surface area (Å²) in [7, 11) is 0. The van der Waals surface area contributed by atoms with Crippen molar-refractivity contribution in [2.45, 2.75) is 4.90 Å². The number of aromatic nitrogens is 4. The normalized spacial score (nSPS) is 11.3. The largest absolute Gasteiger partial charge is 0.278 e. The predicted octanol–water partition coefficient (Wildman–Crippen LogP) is 8.69. The molecule has 0 N–H and O–H groups in total. The molecule has 0 amide bonds. The number of fused-ring (bicyclic) bond motifs is 3. The molecule has 0 fully saturated rings. The highest BCUT2D eigenvalue weighted by atomic mass is 32.2. The van der Waals surface area contributed by atoms with Gasteiger partial charge in [-0.1, -0.05) is 109 Å². The minimum Gasteiger partial charge on any atom is -0.278 e. The molecule has 0 saturated carbocycles. The number of hydrogen-bond donors (Lipinski definition) is 0. The zero-order valence-corrected chi connectivity index (χ0v) is 22.1. The van der Waals surface area contributed by atoms with Gasteiger partial charge in [-0.15, -0.1) is 11.8 Å². The van der Waals surface area contributed by atoms with E-state index in [2.05, 4.69) is 77.6 Å². The van der Waals surface area contributed by atoms with Crippen molar-refractivity contribution in [2.75, 3.05) is 6.26 Å². The highest BCUT2D eigenvalue weighted by molar-refractivity contribution is 7.98. The molecule has 0 aliphatic carbocycles. The van der Waals surface area contributed by atoms with E-state index in [0.29, 0.717) is 17.6 Å². The number of benzene rings is 5. The molecule has 5 heteroatoms. The number of rotatable bonds is 5. The van der Waals surface area contributed by atoms with Crippen LogP contribution in [0.1, 0.15) is 0 Å². The molecule has 186 valence electrons. The minimum atomic E-state index is 0.601. The number of nitrogens with zero attached hydrogens (tertiary/aromatic N) is 4. The maximum atomic E-state index is 5.04. The summed E-state index contributed by atoms with van der Waals surface area (Å²) < 4.78 is 2.18. The van der Waals surface area contributed by atoms with Crippen LogP contribution in [0.5, 0.6) is 0 Å². The first-order valence-corrected chi connectivity index (χ1v) is 14.1. The molecule has 0 aliphatic rings. The molecule has 7 aromatic rings. The van der Waals surface area contributed by atoms with Crippen molar-refractivity contribution in [2.24, 2.45) is 0 Å². The molecule has 7 rings (SSSR count). The fraction of sp³-hybridized carbons (Fsp3) is 0.0294. The van der Waals surface area contributed by atoms with Crippen LogP contribution in [0.2, 0.25) is 0 Å². The molecule has 0 saturated heterocycles.